The quantitative estimate of drug-likeness (QED) is 0.450. The van der Waals surface area contributed by atoms with Gasteiger partial charge < -0.3 is 4.74 Å². The highest BCUT2D eigenvalue weighted by molar-refractivity contribution is 5.72. The van der Waals surface area contributed by atoms with Gasteiger partial charge in [-0.15, -0.1) is 0 Å². The normalized spacial score (nSPS) is 9.94. The summed E-state index contributed by atoms with van der Waals surface area (Å²) in [6, 6.07) is 1.18. The maximum Gasteiger partial charge on any atom is 0.310 e. The minimum atomic E-state index is -1.23. The van der Waals surface area contributed by atoms with Gasteiger partial charge in [-0.05, 0) is 6.07 Å². The molecule has 0 heterocycles. The van der Waals surface area contributed by atoms with Crippen molar-refractivity contribution >= 4 is 11.7 Å². The Balaban J connectivity index is 3.19. The minimum absolute atomic E-state index is 0.404. The Morgan fingerprint density at radius 2 is 2.12 bits per heavy atom. The molecular formula is C9H7F2NO4. The summed E-state index contributed by atoms with van der Waals surface area (Å²) in [5.74, 6) is -3.01. The topological polar surface area (TPSA) is 69.4 Å². The van der Waals surface area contributed by atoms with Crippen molar-refractivity contribution in [3.8, 4) is 0 Å². The second-order valence-electron chi connectivity index (χ2n) is 2.91. The first kappa shape index (κ1) is 12.0. The van der Waals surface area contributed by atoms with Gasteiger partial charge >= 0.3 is 11.7 Å². The van der Waals surface area contributed by atoms with Crippen molar-refractivity contribution in [2.75, 3.05) is 7.11 Å². The van der Waals surface area contributed by atoms with E-state index in [9.17, 15) is 23.7 Å². The van der Waals surface area contributed by atoms with Gasteiger partial charge in [-0.2, -0.15) is 4.39 Å². The van der Waals surface area contributed by atoms with Gasteiger partial charge in [0.1, 0.15) is 5.82 Å². The largest absolute Gasteiger partial charge is 0.469 e. The van der Waals surface area contributed by atoms with E-state index >= 15 is 0 Å². The monoisotopic (exact) mass is 231 g/mol. The number of nitro benzene ring substituents is 1. The van der Waals surface area contributed by atoms with E-state index in [1.54, 1.807) is 0 Å². The van der Waals surface area contributed by atoms with Crippen LogP contribution in [0.2, 0.25) is 0 Å². The van der Waals surface area contributed by atoms with Crippen molar-refractivity contribution < 1.29 is 23.2 Å². The van der Waals surface area contributed by atoms with Crippen LogP contribution in [0.3, 0.4) is 0 Å². The molecule has 1 rings (SSSR count). The molecule has 0 atom stereocenters. The van der Waals surface area contributed by atoms with Gasteiger partial charge in [0.05, 0.1) is 24.5 Å². The number of hydrogen-bond donors (Lipinski definition) is 0. The van der Waals surface area contributed by atoms with Crippen LogP contribution < -0.4 is 0 Å². The average Bonchev–Trinajstić information content (AvgIpc) is 2.22. The molecule has 86 valence electrons. The Morgan fingerprint density at radius 1 is 1.50 bits per heavy atom. The van der Waals surface area contributed by atoms with E-state index in [-0.39, 0.29) is 0 Å². The molecule has 0 spiro atoms. The number of benzene rings is 1. The predicted molar refractivity (Wildman–Crippen MR) is 48.7 cm³/mol. The molecule has 0 fully saturated rings. The highest BCUT2D eigenvalue weighted by Crippen LogP contribution is 2.22. The van der Waals surface area contributed by atoms with E-state index in [2.05, 4.69) is 4.74 Å². The van der Waals surface area contributed by atoms with E-state index in [1.807, 2.05) is 0 Å². The van der Waals surface area contributed by atoms with Crippen molar-refractivity contribution in [1.29, 1.82) is 0 Å². The molecule has 0 amide bonds. The fourth-order valence-corrected chi connectivity index (χ4v) is 1.12. The van der Waals surface area contributed by atoms with Crippen molar-refractivity contribution in [3.05, 3.63) is 39.4 Å². The number of nitrogens with zero attached hydrogens (tertiary/aromatic N) is 1. The van der Waals surface area contributed by atoms with Crippen LogP contribution in [0.25, 0.3) is 0 Å². The summed E-state index contributed by atoms with van der Waals surface area (Å²) < 4.78 is 30.5. The van der Waals surface area contributed by atoms with Crippen LogP contribution in [-0.4, -0.2) is 18.0 Å². The zero-order valence-electron chi connectivity index (χ0n) is 8.20. The van der Waals surface area contributed by atoms with Crippen LogP contribution >= 0.6 is 0 Å². The molecule has 0 radical (unpaired) electrons. The molecule has 0 saturated carbocycles. The third kappa shape index (κ3) is 2.50. The van der Waals surface area contributed by atoms with Crippen LogP contribution in [-0.2, 0) is 16.0 Å². The number of hydrogen-bond acceptors (Lipinski definition) is 4. The zero-order chi connectivity index (χ0) is 12.3. The summed E-state index contributed by atoms with van der Waals surface area (Å²) in [7, 11) is 1.08. The van der Waals surface area contributed by atoms with E-state index in [0.717, 1.165) is 13.2 Å². The lowest BCUT2D eigenvalue weighted by atomic mass is 10.1. The summed E-state index contributed by atoms with van der Waals surface area (Å²) in [6.45, 7) is 0. The first-order valence-corrected chi connectivity index (χ1v) is 4.15. The SMILES string of the molecule is COC(=O)Cc1cc(F)cc([N+](=O)[O-])c1F. The molecule has 0 bridgehead atoms. The summed E-state index contributed by atoms with van der Waals surface area (Å²) in [5, 5.41) is 10.4. The lowest BCUT2D eigenvalue weighted by Crippen LogP contribution is -2.08. The first-order chi connectivity index (χ1) is 7.45. The standard InChI is InChI=1S/C9H7F2NO4/c1-16-8(13)3-5-2-6(10)4-7(9(5)11)12(14)15/h2,4H,3H2,1H3. The molecule has 0 aliphatic rings. The number of carbonyl (C=O) groups is 1. The summed E-state index contributed by atoms with van der Waals surface area (Å²) in [6.07, 6.45) is -0.555. The second-order valence-corrected chi connectivity index (χ2v) is 2.91. The van der Waals surface area contributed by atoms with Crippen LogP contribution in [0.5, 0.6) is 0 Å². The smallest absolute Gasteiger partial charge is 0.310 e. The van der Waals surface area contributed by atoms with Gasteiger partial charge in [-0.3, -0.25) is 14.9 Å². The van der Waals surface area contributed by atoms with Crippen LogP contribution in [0.1, 0.15) is 5.56 Å². The lowest BCUT2D eigenvalue weighted by molar-refractivity contribution is -0.387. The Bertz CT molecular complexity index is 447. The van der Waals surface area contributed by atoms with Gasteiger partial charge in [0.15, 0.2) is 0 Å². The van der Waals surface area contributed by atoms with E-state index in [1.165, 1.54) is 0 Å². The Labute approximate surface area is 88.8 Å². The van der Waals surface area contributed by atoms with Crippen molar-refractivity contribution in [3.63, 3.8) is 0 Å². The van der Waals surface area contributed by atoms with Gasteiger partial charge in [-0.25, -0.2) is 4.39 Å². The van der Waals surface area contributed by atoms with Gasteiger partial charge in [0.25, 0.3) is 0 Å². The Kier molecular flexibility index (Phi) is 3.49. The Morgan fingerprint density at radius 3 is 2.62 bits per heavy atom. The summed E-state index contributed by atoms with van der Waals surface area (Å²) in [5.41, 5.74) is -1.41. The second kappa shape index (κ2) is 4.65. The number of methoxy groups -OCH3 is 1. The van der Waals surface area contributed by atoms with Gasteiger partial charge in [0, 0.05) is 5.56 Å². The minimum Gasteiger partial charge on any atom is -0.469 e. The molecule has 0 saturated heterocycles. The third-order valence-electron chi connectivity index (χ3n) is 1.85. The van der Waals surface area contributed by atoms with Gasteiger partial charge in [0.2, 0.25) is 5.82 Å². The van der Waals surface area contributed by atoms with Crippen LogP contribution in [0.15, 0.2) is 12.1 Å². The summed E-state index contributed by atoms with van der Waals surface area (Å²) >= 11 is 0. The van der Waals surface area contributed by atoms with Crippen molar-refractivity contribution in [1.82, 2.24) is 0 Å². The predicted octanol–water partition coefficient (Wildman–Crippen LogP) is 1.59. The molecule has 16 heavy (non-hydrogen) atoms. The maximum atomic E-state index is 13.4. The summed E-state index contributed by atoms with van der Waals surface area (Å²) in [4.78, 5) is 20.2. The van der Waals surface area contributed by atoms with E-state index in [0.29, 0.717) is 6.07 Å². The average molecular weight is 231 g/mol. The third-order valence-corrected chi connectivity index (χ3v) is 1.85. The van der Waals surface area contributed by atoms with Crippen LogP contribution in [0, 0.1) is 21.7 Å². The number of nitro groups is 1. The van der Waals surface area contributed by atoms with Crippen molar-refractivity contribution in [2.24, 2.45) is 0 Å². The molecule has 0 aromatic heterocycles. The zero-order valence-corrected chi connectivity index (χ0v) is 8.20. The number of ether oxygens (including phenoxy) is 1. The molecule has 1 aromatic carbocycles. The maximum absolute atomic E-state index is 13.4. The van der Waals surface area contributed by atoms with Crippen LogP contribution in [0.4, 0.5) is 14.5 Å². The molecule has 5 nitrogen and oxygen atoms in total. The number of rotatable bonds is 3. The van der Waals surface area contributed by atoms with E-state index in [4.69, 9.17) is 0 Å². The highest BCUT2D eigenvalue weighted by atomic mass is 19.1. The van der Waals surface area contributed by atoms with E-state index < -0.39 is 40.2 Å². The number of halogens is 2. The number of esters is 1. The molecule has 7 heteroatoms. The number of carbonyl (C=O) groups excluding carboxylic acids is 1. The molecule has 1 aromatic rings. The fourth-order valence-electron chi connectivity index (χ4n) is 1.12. The Hall–Kier alpha value is -2.05. The van der Waals surface area contributed by atoms with Gasteiger partial charge in [-0.1, -0.05) is 0 Å². The first-order valence-electron chi connectivity index (χ1n) is 4.15. The lowest BCUT2D eigenvalue weighted by Gasteiger charge is -2.02. The molecule has 0 unspecified atom stereocenters. The highest BCUT2D eigenvalue weighted by Gasteiger charge is 2.21. The molecule has 0 aliphatic heterocycles. The molecule has 0 aliphatic carbocycles. The molecular weight excluding hydrogens is 224 g/mol. The molecule has 0 N–H and O–H groups in total. The fraction of sp³-hybridized carbons (Fsp3) is 0.222. The van der Waals surface area contributed by atoms with Crippen molar-refractivity contribution in [2.45, 2.75) is 6.42 Å².